The number of halogens is 6. The number of alkyl halides is 4. The van der Waals surface area contributed by atoms with E-state index in [1.165, 1.54) is 37.4 Å². The predicted octanol–water partition coefficient (Wildman–Crippen LogP) is 6.72. The molecule has 1 heterocycles. The van der Waals surface area contributed by atoms with Crippen LogP contribution >= 0.6 is 0 Å². The number of ether oxygens (including phenoxy) is 2. The van der Waals surface area contributed by atoms with Crippen molar-refractivity contribution in [1.82, 2.24) is 0 Å². The first-order valence-corrected chi connectivity index (χ1v) is 12.1. The van der Waals surface area contributed by atoms with Gasteiger partial charge in [-0.25, -0.2) is 17.6 Å². The summed E-state index contributed by atoms with van der Waals surface area (Å²) in [5, 5.41) is 0. The highest BCUT2D eigenvalue weighted by Crippen LogP contribution is 2.32. The molecule has 0 aliphatic carbocycles. The number of hydrogen-bond donors (Lipinski definition) is 0. The van der Waals surface area contributed by atoms with Gasteiger partial charge < -0.3 is 9.47 Å². The van der Waals surface area contributed by atoms with Crippen LogP contribution in [0.5, 0.6) is 11.5 Å². The van der Waals surface area contributed by atoms with Gasteiger partial charge in [0.2, 0.25) is 0 Å². The number of hydrogen-bond acceptors (Lipinski definition) is 2. The lowest BCUT2D eigenvalue weighted by molar-refractivity contribution is -0.148. The molecule has 29 heavy (non-hydrogen) atoms. The van der Waals surface area contributed by atoms with Crippen LogP contribution in [0.1, 0.15) is 39.0 Å². The third kappa shape index (κ3) is 7.42. The van der Waals surface area contributed by atoms with Crippen LogP contribution in [-0.2, 0) is 0 Å². The van der Waals surface area contributed by atoms with E-state index in [9.17, 15) is 26.3 Å². The molecule has 9 heteroatoms. The molecule has 0 bridgehead atoms. The van der Waals surface area contributed by atoms with Crippen molar-refractivity contribution >= 4 is 8.80 Å². The molecule has 1 radical (unpaired) electrons. The van der Waals surface area contributed by atoms with Gasteiger partial charge in [-0.05, 0) is 18.8 Å². The summed E-state index contributed by atoms with van der Waals surface area (Å²) in [5.41, 5.74) is 0. The fraction of sp³-hybridized carbons (Fsp3) is 0.700. The van der Waals surface area contributed by atoms with Crippen LogP contribution in [0.25, 0.3) is 0 Å². The Balaban J connectivity index is 1.82. The molecule has 2 rings (SSSR count). The summed E-state index contributed by atoms with van der Waals surface area (Å²) in [6, 6.07) is 5.42. The predicted molar refractivity (Wildman–Crippen MR) is 101 cm³/mol. The summed E-state index contributed by atoms with van der Waals surface area (Å²) in [5.74, 6) is -7.90. The van der Waals surface area contributed by atoms with Crippen LogP contribution in [0.4, 0.5) is 26.3 Å². The van der Waals surface area contributed by atoms with Crippen molar-refractivity contribution in [2.75, 3.05) is 13.2 Å². The molecular formula is C20H27F6O2Si. The molecule has 1 aliphatic rings. The highest BCUT2D eigenvalue weighted by molar-refractivity contribution is 6.58. The van der Waals surface area contributed by atoms with Crippen molar-refractivity contribution in [2.24, 2.45) is 5.92 Å². The Morgan fingerprint density at radius 3 is 2.24 bits per heavy atom. The Hall–Kier alpha value is -1.38. The molecule has 0 atom stereocenters. The minimum absolute atomic E-state index is 0.0768. The maximum atomic E-state index is 14.0. The molecule has 0 aromatic heterocycles. The maximum Gasteiger partial charge on any atom is 0.340 e. The van der Waals surface area contributed by atoms with Gasteiger partial charge in [0.15, 0.2) is 24.0 Å². The highest BCUT2D eigenvalue weighted by Gasteiger charge is 2.42. The van der Waals surface area contributed by atoms with Crippen LogP contribution < -0.4 is 9.47 Å². The standard InChI is InChI=1S/C20H27F6O2Si/c1-2-3-4-7-29-8-5-14(6-9-29)12-27-15-10-16(21)18(17(22)11-15)28-13-20(25,26)19(23)24/h10-11,14,19H,2-9,12-13H2,1H3. The van der Waals surface area contributed by atoms with Gasteiger partial charge in [0, 0.05) is 20.9 Å². The Kier molecular flexibility index (Phi) is 9.17. The topological polar surface area (TPSA) is 18.5 Å². The van der Waals surface area contributed by atoms with E-state index >= 15 is 0 Å². The molecule has 1 aromatic carbocycles. The quantitative estimate of drug-likeness (QED) is 0.216. The third-order valence-electron chi connectivity index (χ3n) is 5.13. The minimum atomic E-state index is -4.49. The first kappa shape index (κ1) is 23.9. The number of rotatable bonds is 11. The first-order chi connectivity index (χ1) is 13.7. The monoisotopic (exact) mass is 441 g/mol. The van der Waals surface area contributed by atoms with Crippen molar-refractivity contribution < 1.29 is 35.8 Å². The molecule has 0 spiro atoms. The molecule has 165 valence electrons. The maximum absolute atomic E-state index is 14.0. The molecule has 1 saturated heterocycles. The van der Waals surface area contributed by atoms with Crippen LogP contribution in [0.2, 0.25) is 18.1 Å². The zero-order valence-electron chi connectivity index (χ0n) is 16.5. The summed E-state index contributed by atoms with van der Waals surface area (Å²) in [6.07, 6.45) is 1.88. The van der Waals surface area contributed by atoms with Crippen molar-refractivity contribution in [3.8, 4) is 11.5 Å². The van der Waals surface area contributed by atoms with E-state index in [0.29, 0.717) is 12.5 Å². The Labute approximate surface area is 169 Å². The van der Waals surface area contributed by atoms with E-state index in [0.717, 1.165) is 25.0 Å². The van der Waals surface area contributed by atoms with Crippen LogP contribution in [-0.4, -0.2) is 34.4 Å². The lowest BCUT2D eigenvalue weighted by atomic mass is 10.0. The van der Waals surface area contributed by atoms with Crippen molar-refractivity contribution in [3.63, 3.8) is 0 Å². The molecule has 0 saturated carbocycles. The van der Waals surface area contributed by atoms with E-state index in [4.69, 9.17) is 4.74 Å². The minimum Gasteiger partial charge on any atom is -0.493 e. The third-order valence-corrected chi connectivity index (χ3v) is 8.18. The Morgan fingerprint density at radius 1 is 1.07 bits per heavy atom. The van der Waals surface area contributed by atoms with E-state index < -0.39 is 36.3 Å². The summed E-state index contributed by atoms with van der Waals surface area (Å²) in [7, 11) is -0.285. The zero-order valence-corrected chi connectivity index (χ0v) is 17.5. The average molecular weight is 442 g/mol. The molecule has 0 unspecified atom stereocenters. The lowest BCUT2D eigenvalue weighted by Crippen LogP contribution is -2.34. The lowest BCUT2D eigenvalue weighted by Gasteiger charge is -2.27. The largest absolute Gasteiger partial charge is 0.493 e. The second-order valence-electron chi connectivity index (χ2n) is 7.53. The molecule has 2 nitrogen and oxygen atoms in total. The SMILES string of the molecule is CCCCC[Si]1CCC(COc2cc(F)c(OCC(F)(F)C(F)F)c(F)c2)CC1. The summed E-state index contributed by atoms with van der Waals surface area (Å²) < 4.78 is 87.7. The van der Waals surface area contributed by atoms with Gasteiger partial charge in [-0.15, -0.1) is 0 Å². The van der Waals surface area contributed by atoms with E-state index in [1.54, 1.807) is 0 Å². The molecular weight excluding hydrogens is 414 g/mol. The zero-order chi connectivity index (χ0) is 21.4. The fourth-order valence-corrected chi connectivity index (χ4v) is 6.46. The summed E-state index contributed by atoms with van der Waals surface area (Å²) in [4.78, 5) is 0. The van der Waals surface area contributed by atoms with Gasteiger partial charge in [-0.3, -0.25) is 0 Å². The molecule has 1 aliphatic heterocycles. The van der Waals surface area contributed by atoms with E-state index in [1.807, 2.05) is 0 Å². The highest BCUT2D eigenvalue weighted by atomic mass is 28.3. The normalized spacial score (nSPS) is 16.4. The van der Waals surface area contributed by atoms with Crippen LogP contribution in [0, 0.1) is 17.6 Å². The first-order valence-electron chi connectivity index (χ1n) is 9.97. The molecule has 1 aromatic rings. The Morgan fingerprint density at radius 2 is 1.69 bits per heavy atom. The van der Waals surface area contributed by atoms with Gasteiger partial charge in [0.1, 0.15) is 5.75 Å². The van der Waals surface area contributed by atoms with Crippen LogP contribution in [0.3, 0.4) is 0 Å². The van der Waals surface area contributed by atoms with E-state index in [2.05, 4.69) is 11.7 Å². The summed E-state index contributed by atoms with van der Waals surface area (Å²) >= 11 is 0. The number of benzene rings is 1. The number of unbranched alkanes of at least 4 members (excludes halogenated alkanes) is 2. The van der Waals surface area contributed by atoms with Gasteiger partial charge >= 0.3 is 12.3 Å². The Bertz CT molecular complexity index is 612. The molecule has 0 N–H and O–H groups in total. The molecule has 0 amide bonds. The van der Waals surface area contributed by atoms with E-state index in [-0.39, 0.29) is 14.5 Å². The van der Waals surface area contributed by atoms with Crippen molar-refractivity contribution in [3.05, 3.63) is 23.8 Å². The van der Waals surface area contributed by atoms with Crippen molar-refractivity contribution in [1.29, 1.82) is 0 Å². The molecule has 1 fully saturated rings. The summed E-state index contributed by atoms with van der Waals surface area (Å²) in [6.45, 7) is 0.699. The van der Waals surface area contributed by atoms with Gasteiger partial charge in [-0.1, -0.05) is 44.3 Å². The van der Waals surface area contributed by atoms with Gasteiger partial charge in [0.05, 0.1) is 6.61 Å². The van der Waals surface area contributed by atoms with Gasteiger partial charge in [0.25, 0.3) is 0 Å². The smallest absolute Gasteiger partial charge is 0.340 e. The van der Waals surface area contributed by atoms with Crippen molar-refractivity contribution in [2.45, 2.75) is 69.5 Å². The fourth-order valence-electron chi connectivity index (χ4n) is 3.33. The van der Waals surface area contributed by atoms with Crippen LogP contribution in [0.15, 0.2) is 12.1 Å². The second kappa shape index (κ2) is 11.1. The average Bonchev–Trinajstić information content (AvgIpc) is 2.66. The van der Waals surface area contributed by atoms with Gasteiger partial charge in [-0.2, -0.15) is 8.78 Å². The second-order valence-corrected chi connectivity index (χ2v) is 10.5.